The molecule has 1 heterocycles. The number of hydrogen-bond donors (Lipinski definition) is 4. The van der Waals surface area contributed by atoms with E-state index in [1.807, 2.05) is 0 Å². The molecular formula is C45H78O9. The summed E-state index contributed by atoms with van der Waals surface area (Å²) in [6, 6.07) is 0. The zero-order chi connectivity index (χ0) is 39.3. The molecule has 1 saturated heterocycles. The van der Waals surface area contributed by atoms with Gasteiger partial charge in [0.05, 0.1) is 19.8 Å². The SMILES string of the molecule is CC/C=C\C/C=C\C/C=C\C/C=C\C/C=C\CCCCCC(=O)OC(COCCCCCCCCCCCCCC)COC1OC(CO)C(O)C(O)C1O. The van der Waals surface area contributed by atoms with Crippen LogP contribution in [-0.2, 0) is 23.7 Å². The number of aliphatic hydroxyl groups is 4. The van der Waals surface area contributed by atoms with Crippen molar-refractivity contribution in [3.63, 3.8) is 0 Å². The molecule has 0 bridgehead atoms. The molecular weight excluding hydrogens is 684 g/mol. The normalized spacial score (nSPS) is 21.5. The number of unbranched alkanes of at least 4 members (excludes halogenated alkanes) is 14. The van der Waals surface area contributed by atoms with Crippen molar-refractivity contribution in [3.05, 3.63) is 60.8 Å². The van der Waals surface area contributed by atoms with Crippen molar-refractivity contribution >= 4 is 5.97 Å². The number of hydrogen-bond acceptors (Lipinski definition) is 9. The van der Waals surface area contributed by atoms with E-state index < -0.39 is 43.4 Å². The summed E-state index contributed by atoms with van der Waals surface area (Å²) in [7, 11) is 0. The second-order valence-electron chi connectivity index (χ2n) is 14.4. The summed E-state index contributed by atoms with van der Waals surface area (Å²) in [5.41, 5.74) is 0. The summed E-state index contributed by atoms with van der Waals surface area (Å²) in [5.74, 6) is -0.346. The average Bonchev–Trinajstić information content (AvgIpc) is 3.17. The van der Waals surface area contributed by atoms with Gasteiger partial charge in [-0.05, 0) is 57.8 Å². The third kappa shape index (κ3) is 27.5. The topological polar surface area (TPSA) is 135 Å². The molecule has 0 amide bonds. The maximum Gasteiger partial charge on any atom is 0.306 e. The molecule has 4 N–H and O–H groups in total. The molecule has 0 radical (unpaired) electrons. The number of carbonyl (C=O) groups excluding carboxylic acids is 1. The Hall–Kier alpha value is -2.11. The van der Waals surface area contributed by atoms with E-state index in [9.17, 15) is 25.2 Å². The van der Waals surface area contributed by atoms with E-state index in [4.69, 9.17) is 18.9 Å². The Morgan fingerprint density at radius 1 is 0.611 bits per heavy atom. The van der Waals surface area contributed by atoms with Crippen LogP contribution in [0.3, 0.4) is 0 Å². The number of carbonyl (C=O) groups is 1. The van der Waals surface area contributed by atoms with Crippen molar-refractivity contribution in [2.75, 3.05) is 26.4 Å². The molecule has 6 unspecified atom stereocenters. The molecule has 9 heteroatoms. The lowest BCUT2D eigenvalue weighted by atomic mass is 9.99. The van der Waals surface area contributed by atoms with E-state index in [1.165, 1.54) is 64.2 Å². The predicted octanol–water partition coefficient (Wildman–Crippen LogP) is 9.13. The quantitative estimate of drug-likeness (QED) is 0.0283. The monoisotopic (exact) mass is 763 g/mol. The zero-order valence-electron chi connectivity index (χ0n) is 34.0. The van der Waals surface area contributed by atoms with Crippen molar-refractivity contribution in [1.29, 1.82) is 0 Å². The Balaban J connectivity index is 2.32. The summed E-state index contributed by atoms with van der Waals surface area (Å²) in [6.45, 7) is 4.39. The van der Waals surface area contributed by atoms with Crippen molar-refractivity contribution in [2.45, 2.75) is 192 Å². The highest BCUT2D eigenvalue weighted by atomic mass is 16.7. The molecule has 1 aliphatic heterocycles. The van der Waals surface area contributed by atoms with Crippen LogP contribution in [-0.4, -0.2) is 89.6 Å². The number of allylic oxidation sites excluding steroid dienone is 10. The fraction of sp³-hybridized carbons (Fsp3) is 0.756. The molecule has 1 aliphatic rings. The Kier molecular flexibility index (Phi) is 33.8. The standard InChI is InChI=1S/C45H78O9/c1-3-5-7-9-11-13-15-17-18-19-20-21-22-23-24-26-28-30-32-34-41(47)53-39(38-52-45-44(50)43(49)42(48)40(36-46)54-45)37-51-35-33-31-29-27-25-16-14-12-10-8-6-4-2/h5,7,11,13,17-18,20-21,23-24,39-40,42-46,48-50H,3-4,6,8-10,12,14-16,19,22,25-38H2,1-2H3/b7-5-,13-11-,18-17-,21-20-,24-23-. The van der Waals surface area contributed by atoms with Gasteiger partial charge in [0.2, 0.25) is 0 Å². The molecule has 0 spiro atoms. The van der Waals surface area contributed by atoms with Gasteiger partial charge in [0.25, 0.3) is 0 Å². The number of ether oxygens (including phenoxy) is 4. The van der Waals surface area contributed by atoms with Gasteiger partial charge >= 0.3 is 5.97 Å². The van der Waals surface area contributed by atoms with E-state index in [-0.39, 0.29) is 25.6 Å². The van der Waals surface area contributed by atoms with Gasteiger partial charge in [-0.3, -0.25) is 4.79 Å². The maximum atomic E-state index is 12.7. The van der Waals surface area contributed by atoms with E-state index in [2.05, 4.69) is 74.6 Å². The zero-order valence-corrected chi connectivity index (χ0v) is 34.0. The molecule has 312 valence electrons. The van der Waals surface area contributed by atoms with Crippen LogP contribution < -0.4 is 0 Å². The van der Waals surface area contributed by atoms with Crippen LogP contribution in [0.2, 0.25) is 0 Å². The lowest BCUT2D eigenvalue weighted by Gasteiger charge is -2.39. The Bertz CT molecular complexity index is 1010. The van der Waals surface area contributed by atoms with Gasteiger partial charge in [0, 0.05) is 13.0 Å². The first kappa shape index (κ1) is 49.9. The van der Waals surface area contributed by atoms with E-state index in [0.717, 1.165) is 64.2 Å². The van der Waals surface area contributed by atoms with Gasteiger partial charge in [-0.1, -0.05) is 152 Å². The van der Waals surface area contributed by atoms with Crippen molar-refractivity contribution in [1.82, 2.24) is 0 Å². The third-order valence-corrected chi connectivity index (χ3v) is 9.45. The van der Waals surface area contributed by atoms with E-state index in [1.54, 1.807) is 0 Å². The minimum Gasteiger partial charge on any atom is -0.457 e. The molecule has 1 rings (SSSR count). The molecule has 0 aromatic rings. The molecule has 0 aromatic heterocycles. The van der Waals surface area contributed by atoms with Crippen LogP contribution in [0, 0.1) is 0 Å². The highest BCUT2D eigenvalue weighted by Crippen LogP contribution is 2.22. The highest BCUT2D eigenvalue weighted by molar-refractivity contribution is 5.69. The average molecular weight is 763 g/mol. The van der Waals surface area contributed by atoms with Crippen molar-refractivity contribution in [3.8, 4) is 0 Å². The summed E-state index contributed by atoms with van der Waals surface area (Å²) >= 11 is 0. The van der Waals surface area contributed by atoms with Gasteiger partial charge < -0.3 is 39.4 Å². The fourth-order valence-corrected chi connectivity index (χ4v) is 6.11. The molecule has 6 atom stereocenters. The van der Waals surface area contributed by atoms with E-state index >= 15 is 0 Å². The van der Waals surface area contributed by atoms with Crippen LogP contribution in [0.5, 0.6) is 0 Å². The molecule has 1 fully saturated rings. The molecule has 9 nitrogen and oxygen atoms in total. The Morgan fingerprint density at radius 3 is 1.69 bits per heavy atom. The van der Waals surface area contributed by atoms with Crippen LogP contribution in [0.25, 0.3) is 0 Å². The largest absolute Gasteiger partial charge is 0.457 e. The number of aliphatic hydroxyl groups excluding tert-OH is 4. The summed E-state index contributed by atoms with van der Waals surface area (Å²) < 4.78 is 22.7. The van der Waals surface area contributed by atoms with Gasteiger partial charge in [-0.25, -0.2) is 0 Å². The Morgan fingerprint density at radius 2 is 1.13 bits per heavy atom. The maximum absolute atomic E-state index is 12.7. The number of rotatable bonds is 35. The van der Waals surface area contributed by atoms with Crippen LogP contribution >= 0.6 is 0 Å². The Labute approximate surface area is 328 Å². The summed E-state index contributed by atoms with van der Waals surface area (Å²) in [4.78, 5) is 12.7. The first-order chi connectivity index (χ1) is 26.4. The van der Waals surface area contributed by atoms with Crippen LogP contribution in [0.15, 0.2) is 60.8 Å². The lowest BCUT2D eigenvalue weighted by molar-refractivity contribution is -0.305. The first-order valence-electron chi connectivity index (χ1n) is 21.4. The summed E-state index contributed by atoms with van der Waals surface area (Å²) in [5, 5.41) is 40.0. The minimum absolute atomic E-state index is 0.128. The first-order valence-corrected chi connectivity index (χ1v) is 21.4. The third-order valence-electron chi connectivity index (χ3n) is 9.45. The van der Waals surface area contributed by atoms with Crippen molar-refractivity contribution < 1.29 is 44.2 Å². The van der Waals surface area contributed by atoms with E-state index in [0.29, 0.717) is 13.0 Å². The highest BCUT2D eigenvalue weighted by Gasteiger charge is 2.44. The molecule has 0 saturated carbocycles. The van der Waals surface area contributed by atoms with Gasteiger partial charge in [0.15, 0.2) is 6.29 Å². The smallest absolute Gasteiger partial charge is 0.306 e. The van der Waals surface area contributed by atoms with Gasteiger partial charge in [0.1, 0.15) is 30.5 Å². The molecule has 0 aromatic carbocycles. The summed E-state index contributed by atoms with van der Waals surface area (Å²) in [6.07, 6.45) is 38.1. The van der Waals surface area contributed by atoms with Crippen molar-refractivity contribution in [2.24, 2.45) is 0 Å². The lowest BCUT2D eigenvalue weighted by Crippen LogP contribution is -2.59. The minimum atomic E-state index is -1.54. The van der Waals surface area contributed by atoms with Crippen LogP contribution in [0.4, 0.5) is 0 Å². The molecule has 0 aliphatic carbocycles. The fourth-order valence-electron chi connectivity index (χ4n) is 6.11. The van der Waals surface area contributed by atoms with Gasteiger partial charge in [-0.15, -0.1) is 0 Å². The molecule has 54 heavy (non-hydrogen) atoms. The second-order valence-corrected chi connectivity index (χ2v) is 14.4. The van der Waals surface area contributed by atoms with Crippen LogP contribution in [0.1, 0.15) is 155 Å². The number of esters is 1. The predicted molar refractivity (Wildman–Crippen MR) is 219 cm³/mol. The second kappa shape index (κ2) is 36.5. The van der Waals surface area contributed by atoms with Gasteiger partial charge in [-0.2, -0.15) is 0 Å².